The molecule has 1 aromatic rings. The van der Waals surface area contributed by atoms with Gasteiger partial charge >= 0.3 is 0 Å². The Morgan fingerprint density at radius 3 is 2.85 bits per heavy atom. The molecule has 0 bridgehead atoms. The Kier molecular flexibility index (Phi) is 5.26. The van der Waals surface area contributed by atoms with Crippen LogP contribution in [0.4, 0.5) is 0 Å². The zero-order valence-corrected chi connectivity index (χ0v) is 12.5. The maximum absolute atomic E-state index is 11.9. The van der Waals surface area contributed by atoms with Gasteiger partial charge in [0.05, 0.1) is 15.6 Å². The first-order valence-corrected chi connectivity index (χ1v) is 7.35. The summed E-state index contributed by atoms with van der Waals surface area (Å²) in [5.74, 6) is -0.0422. The second-order valence-corrected chi connectivity index (χ2v) is 5.48. The van der Waals surface area contributed by atoms with Crippen LogP contribution in [0.25, 0.3) is 0 Å². The molecule has 1 aliphatic heterocycles. The number of carbonyl (C=O) groups excluding carboxylic acids is 2. The topological polar surface area (TPSA) is 49.4 Å². The van der Waals surface area contributed by atoms with Gasteiger partial charge in [0.25, 0.3) is 5.91 Å². The SMILES string of the molecule is O=C(NCCCN1CCCC1=O)c1cccc(Cl)c1Cl. The smallest absolute Gasteiger partial charge is 0.252 e. The van der Waals surface area contributed by atoms with E-state index in [-0.39, 0.29) is 16.8 Å². The van der Waals surface area contributed by atoms with Crippen LogP contribution in [0.5, 0.6) is 0 Å². The normalized spacial score (nSPS) is 14.7. The van der Waals surface area contributed by atoms with E-state index in [2.05, 4.69) is 5.32 Å². The van der Waals surface area contributed by atoms with Gasteiger partial charge < -0.3 is 10.2 Å². The zero-order chi connectivity index (χ0) is 14.5. The molecule has 2 rings (SSSR count). The fraction of sp³-hybridized carbons (Fsp3) is 0.429. The van der Waals surface area contributed by atoms with Gasteiger partial charge in [0, 0.05) is 26.1 Å². The summed E-state index contributed by atoms with van der Waals surface area (Å²) < 4.78 is 0. The van der Waals surface area contributed by atoms with Crippen molar-refractivity contribution < 1.29 is 9.59 Å². The Balaban J connectivity index is 1.78. The van der Waals surface area contributed by atoms with Crippen molar-refractivity contribution in [3.8, 4) is 0 Å². The Morgan fingerprint density at radius 1 is 1.35 bits per heavy atom. The Hall–Kier alpha value is -1.26. The lowest BCUT2D eigenvalue weighted by Gasteiger charge is -2.15. The number of amides is 2. The number of carbonyl (C=O) groups is 2. The average molecular weight is 315 g/mol. The Morgan fingerprint density at radius 2 is 2.15 bits per heavy atom. The van der Waals surface area contributed by atoms with E-state index in [1.807, 2.05) is 4.90 Å². The molecule has 4 nitrogen and oxygen atoms in total. The van der Waals surface area contributed by atoms with Crippen molar-refractivity contribution in [1.82, 2.24) is 10.2 Å². The maximum atomic E-state index is 11.9. The van der Waals surface area contributed by atoms with Crippen molar-refractivity contribution in [2.75, 3.05) is 19.6 Å². The number of hydrogen-bond donors (Lipinski definition) is 1. The molecule has 0 atom stereocenters. The molecule has 1 aromatic carbocycles. The minimum Gasteiger partial charge on any atom is -0.352 e. The van der Waals surface area contributed by atoms with Crippen molar-refractivity contribution in [2.45, 2.75) is 19.3 Å². The van der Waals surface area contributed by atoms with Gasteiger partial charge in [0.2, 0.25) is 5.91 Å². The number of hydrogen-bond acceptors (Lipinski definition) is 2. The molecule has 2 amide bonds. The Bertz CT molecular complexity index is 520. The highest BCUT2D eigenvalue weighted by atomic mass is 35.5. The zero-order valence-electron chi connectivity index (χ0n) is 11.0. The summed E-state index contributed by atoms with van der Waals surface area (Å²) in [5.41, 5.74) is 0.372. The van der Waals surface area contributed by atoms with Gasteiger partial charge in [-0.15, -0.1) is 0 Å². The predicted molar refractivity (Wildman–Crippen MR) is 79.2 cm³/mol. The number of benzene rings is 1. The van der Waals surface area contributed by atoms with Crippen LogP contribution in [0, 0.1) is 0 Å². The second-order valence-electron chi connectivity index (χ2n) is 4.70. The summed E-state index contributed by atoms with van der Waals surface area (Å²) >= 11 is 11.8. The van der Waals surface area contributed by atoms with Gasteiger partial charge in [0.15, 0.2) is 0 Å². The fourth-order valence-electron chi connectivity index (χ4n) is 2.19. The third kappa shape index (κ3) is 3.64. The monoisotopic (exact) mass is 314 g/mol. The number of nitrogens with one attached hydrogen (secondary N) is 1. The molecule has 1 aliphatic rings. The van der Waals surface area contributed by atoms with Crippen LogP contribution >= 0.6 is 23.2 Å². The highest BCUT2D eigenvalue weighted by Gasteiger charge is 2.19. The van der Waals surface area contributed by atoms with Crippen molar-refractivity contribution >= 4 is 35.0 Å². The number of likely N-dealkylation sites (tertiary alicyclic amines) is 1. The highest BCUT2D eigenvalue weighted by Crippen LogP contribution is 2.25. The molecule has 0 saturated carbocycles. The first-order chi connectivity index (χ1) is 9.59. The molecule has 6 heteroatoms. The van der Waals surface area contributed by atoms with Crippen LogP contribution < -0.4 is 5.32 Å². The molecule has 1 saturated heterocycles. The lowest BCUT2D eigenvalue weighted by Crippen LogP contribution is -2.30. The van der Waals surface area contributed by atoms with E-state index in [1.54, 1.807) is 18.2 Å². The highest BCUT2D eigenvalue weighted by molar-refractivity contribution is 6.43. The molecule has 20 heavy (non-hydrogen) atoms. The van der Waals surface area contributed by atoms with E-state index in [0.717, 1.165) is 19.4 Å². The molecule has 108 valence electrons. The van der Waals surface area contributed by atoms with Crippen molar-refractivity contribution in [3.05, 3.63) is 33.8 Å². The predicted octanol–water partition coefficient (Wildman–Crippen LogP) is 2.74. The minimum absolute atomic E-state index is 0.203. The first-order valence-electron chi connectivity index (χ1n) is 6.59. The standard InChI is InChI=1S/C14H16Cl2N2O2/c15-11-5-1-4-10(13(11)16)14(20)17-7-3-9-18-8-2-6-12(18)19/h1,4-5H,2-3,6-9H2,(H,17,20). The lowest BCUT2D eigenvalue weighted by molar-refractivity contribution is -0.127. The van der Waals surface area contributed by atoms with E-state index < -0.39 is 0 Å². The summed E-state index contributed by atoms with van der Waals surface area (Å²) in [7, 11) is 0. The molecule has 0 aliphatic carbocycles. The molecule has 1 fully saturated rings. The molecular weight excluding hydrogens is 299 g/mol. The Labute approximate surface area is 128 Å². The summed E-state index contributed by atoms with van der Waals surface area (Å²) in [6, 6.07) is 4.96. The largest absolute Gasteiger partial charge is 0.352 e. The van der Waals surface area contributed by atoms with Crippen LogP contribution in [0.15, 0.2) is 18.2 Å². The number of nitrogens with zero attached hydrogens (tertiary/aromatic N) is 1. The average Bonchev–Trinajstić information content (AvgIpc) is 2.83. The summed E-state index contributed by atoms with van der Waals surface area (Å²) in [4.78, 5) is 25.2. The first kappa shape index (κ1) is 15.1. The van der Waals surface area contributed by atoms with E-state index >= 15 is 0 Å². The van der Waals surface area contributed by atoms with Crippen LogP contribution in [0.2, 0.25) is 10.0 Å². The van der Waals surface area contributed by atoms with E-state index in [4.69, 9.17) is 23.2 Å². The molecule has 0 unspecified atom stereocenters. The van der Waals surface area contributed by atoms with E-state index in [9.17, 15) is 9.59 Å². The fourth-order valence-corrected chi connectivity index (χ4v) is 2.57. The molecule has 1 heterocycles. The molecule has 0 radical (unpaired) electrons. The number of rotatable bonds is 5. The van der Waals surface area contributed by atoms with Crippen molar-refractivity contribution in [3.63, 3.8) is 0 Å². The maximum Gasteiger partial charge on any atom is 0.252 e. The quantitative estimate of drug-likeness (QED) is 0.850. The second kappa shape index (κ2) is 6.95. The van der Waals surface area contributed by atoms with Crippen molar-refractivity contribution in [1.29, 1.82) is 0 Å². The third-order valence-electron chi connectivity index (χ3n) is 3.26. The van der Waals surface area contributed by atoms with Crippen LogP contribution in [-0.2, 0) is 4.79 Å². The van der Waals surface area contributed by atoms with Crippen LogP contribution in [0.3, 0.4) is 0 Å². The van der Waals surface area contributed by atoms with Gasteiger partial charge in [-0.05, 0) is 25.0 Å². The van der Waals surface area contributed by atoms with Gasteiger partial charge in [-0.3, -0.25) is 9.59 Å². The molecular formula is C14H16Cl2N2O2. The number of halogens is 2. The minimum atomic E-state index is -0.245. The van der Waals surface area contributed by atoms with Gasteiger partial charge in [-0.2, -0.15) is 0 Å². The van der Waals surface area contributed by atoms with Gasteiger partial charge in [-0.25, -0.2) is 0 Å². The van der Waals surface area contributed by atoms with Crippen LogP contribution in [0.1, 0.15) is 29.6 Å². The van der Waals surface area contributed by atoms with Crippen molar-refractivity contribution in [2.24, 2.45) is 0 Å². The summed E-state index contributed by atoms with van der Waals surface area (Å²) in [6.07, 6.45) is 2.31. The molecule has 0 spiro atoms. The lowest BCUT2D eigenvalue weighted by atomic mass is 10.2. The third-order valence-corrected chi connectivity index (χ3v) is 4.08. The molecule has 1 N–H and O–H groups in total. The van der Waals surface area contributed by atoms with Gasteiger partial charge in [-0.1, -0.05) is 29.3 Å². The van der Waals surface area contributed by atoms with E-state index in [0.29, 0.717) is 30.1 Å². The molecule has 0 aromatic heterocycles. The summed E-state index contributed by atoms with van der Waals surface area (Å²) in [5, 5.41) is 3.41. The summed E-state index contributed by atoms with van der Waals surface area (Å²) in [6.45, 7) is 2.01. The van der Waals surface area contributed by atoms with Crippen LogP contribution in [-0.4, -0.2) is 36.3 Å². The van der Waals surface area contributed by atoms with Gasteiger partial charge in [0.1, 0.15) is 0 Å². The van der Waals surface area contributed by atoms with E-state index in [1.165, 1.54) is 0 Å².